The van der Waals surface area contributed by atoms with Crippen LogP contribution in [0.4, 0.5) is 5.82 Å². The minimum Gasteiger partial charge on any atom is -0.507 e. The molecule has 0 spiro atoms. The van der Waals surface area contributed by atoms with E-state index in [0.29, 0.717) is 23.2 Å². The molecule has 1 aromatic carbocycles. The van der Waals surface area contributed by atoms with Crippen molar-refractivity contribution in [3.63, 3.8) is 0 Å². The van der Waals surface area contributed by atoms with Gasteiger partial charge in [0.2, 0.25) is 0 Å². The number of para-hydroxylation sites is 1. The highest BCUT2D eigenvalue weighted by atomic mass is 16.3. The SMILES string of the molecule is Cc1cc(N2CC(C)CC(C)C2)nc(-c2ccccc2O)n1. The van der Waals surface area contributed by atoms with Gasteiger partial charge in [-0.2, -0.15) is 0 Å². The fourth-order valence-corrected chi connectivity index (χ4v) is 3.35. The van der Waals surface area contributed by atoms with Crippen molar-refractivity contribution in [3.8, 4) is 17.1 Å². The van der Waals surface area contributed by atoms with Gasteiger partial charge in [-0.25, -0.2) is 9.97 Å². The van der Waals surface area contributed by atoms with Crippen LogP contribution in [0.2, 0.25) is 0 Å². The van der Waals surface area contributed by atoms with Gasteiger partial charge in [0.15, 0.2) is 5.82 Å². The van der Waals surface area contributed by atoms with Crippen LogP contribution < -0.4 is 4.90 Å². The van der Waals surface area contributed by atoms with E-state index in [1.807, 2.05) is 31.2 Å². The molecule has 2 atom stereocenters. The van der Waals surface area contributed by atoms with Crippen LogP contribution in [-0.2, 0) is 0 Å². The third-order valence-corrected chi connectivity index (χ3v) is 4.18. The van der Waals surface area contributed by atoms with Gasteiger partial charge in [-0.15, -0.1) is 0 Å². The number of nitrogens with zero attached hydrogens (tertiary/aromatic N) is 3. The van der Waals surface area contributed by atoms with E-state index in [-0.39, 0.29) is 5.75 Å². The smallest absolute Gasteiger partial charge is 0.165 e. The second kappa shape index (κ2) is 5.95. The number of phenols is 1. The summed E-state index contributed by atoms with van der Waals surface area (Å²) in [4.78, 5) is 11.6. The normalized spacial score (nSPS) is 21.9. The van der Waals surface area contributed by atoms with E-state index in [0.717, 1.165) is 24.6 Å². The molecule has 22 heavy (non-hydrogen) atoms. The zero-order valence-electron chi connectivity index (χ0n) is 13.5. The molecule has 3 rings (SSSR count). The van der Waals surface area contributed by atoms with Crippen LogP contribution in [0.3, 0.4) is 0 Å². The molecular weight excluding hydrogens is 274 g/mol. The van der Waals surface area contributed by atoms with Crippen LogP contribution in [0.15, 0.2) is 30.3 Å². The van der Waals surface area contributed by atoms with Gasteiger partial charge in [0.25, 0.3) is 0 Å². The molecule has 4 heteroatoms. The third-order valence-electron chi connectivity index (χ3n) is 4.18. The second-order valence-corrected chi connectivity index (χ2v) is 6.56. The summed E-state index contributed by atoms with van der Waals surface area (Å²) in [7, 11) is 0. The minimum absolute atomic E-state index is 0.222. The summed E-state index contributed by atoms with van der Waals surface area (Å²) in [5.74, 6) is 3.13. The molecule has 1 aliphatic heterocycles. The Morgan fingerprint density at radius 3 is 2.45 bits per heavy atom. The first-order chi connectivity index (χ1) is 10.5. The van der Waals surface area contributed by atoms with Crippen LogP contribution in [0.1, 0.15) is 26.0 Å². The molecule has 1 aromatic heterocycles. The molecule has 1 fully saturated rings. The van der Waals surface area contributed by atoms with Gasteiger partial charge in [-0.3, -0.25) is 0 Å². The van der Waals surface area contributed by atoms with Crippen molar-refractivity contribution in [3.05, 3.63) is 36.0 Å². The van der Waals surface area contributed by atoms with Crippen LogP contribution in [0.25, 0.3) is 11.4 Å². The number of benzene rings is 1. The van der Waals surface area contributed by atoms with E-state index in [9.17, 15) is 5.11 Å². The Balaban J connectivity index is 1.98. The summed E-state index contributed by atoms with van der Waals surface area (Å²) in [5.41, 5.74) is 1.61. The number of aromatic hydroxyl groups is 1. The molecular formula is C18H23N3O. The Bertz CT molecular complexity index is 661. The van der Waals surface area contributed by atoms with Crippen LogP contribution >= 0.6 is 0 Å². The molecule has 2 heterocycles. The van der Waals surface area contributed by atoms with Crippen LogP contribution in [0, 0.1) is 18.8 Å². The predicted molar refractivity (Wildman–Crippen MR) is 89.0 cm³/mol. The lowest BCUT2D eigenvalue weighted by molar-refractivity contribution is 0.355. The largest absolute Gasteiger partial charge is 0.507 e. The number of hydrogen-bond acceptors (Lipinski definition) is 4. The number of hydrogen-bond donors (Lipinski definition) is 1. The van der Waals surface area contributed by atoms with E-state index in [1.165, 1.54) is 6.42 Å². The van der Waals surface area contributed by atoms with Crippen molar-refractivity contribution >= 4 is 5.82 Å². The highest BCUT2D eigenvalue weighted by Gasteiger charge is 2.23. The highest BCUT2D eigenvalue weighted by Crippen LogP contribution is 2.30. The Kier molecular flexibility index (Phi) is 4.01. The van der Waals surface area contributed by atoms with E-state index in [1.54, 1.807) is 6.07 Å². The predicted octanol–water partition coefficient (Wildman–Crippen LogP) is 3.64. The molecule has 1 aliphatic rings. The number of aryl methyl sites for hydroxylation is 1. The van der Waals surface area contributed by atoms with Gasteiger partial charge in [0, 0.05) is 24.8 Å². The fraction of sp³-hybridized carbons (Fsp3) is 0.444. The maximum Gasteiger partial charge on any atom is 0.165 e. The summed E-state index contributed by atoms with van der Waals surface area (Å²) in [6.45, 7) is 8.62. The Morgan fingerprint density at radius 2 is 1.77 bits per heavy atom. The van der Waals surface area contributed by atoms with E-state index in [4.69, 9.17) is 4.98 Å². The lowest BCUT2D eigenvalue weighted by Crippen LogP contribution is -2.39. The topological polar surface area (TPSA) is 49.2 Å². The van der Waals surface area contributed by atoms with Crippen LogP contribution in [-0.4, -0.2) is 28.2 Å². The van der Waals surface area contributed by atoms with Crippen molar-refractivity contribution in [2.45, 2.75) is 27.2 Å². The lowest BCUT2D eigenvalue weighted by Gasteiger charge is -2.36. The monoisotopic (exact) mass is 297 g/mol. The maximum absolute atomic E-state index is 10.0. The number of anilines is 1. The first-order valence-corrected chi connectivity index (χ1v) is 7.92. The van der Waals surface area contributed by atoms with Crippen molar-refractivity contribution in [2.75, 3.05) is 18.0 Å². The summed E-state index contributed by atoms with van der Waals surface area (Å²) in [6, 6.07) is 9.27. The van der Waals surface area contributed by atoms with Crippen LogP contribution in [0.5, 0.6) is 5.75 Å². The molecule has 0 amide bonds. The molecule has 1 N–H and O–H groups in total. The van der Waals surface area contributed by atoms with Gasteiger partial charge in [0.1, 0.15) is 11.6 Å². The quantitative estimate of drug-likeness (QED) is 0.919. The van der Waals surface area contributed by atoms with Gasteiger partial charge in [-0.05, 0) is 37.3 Å². The molecule has 1 saturated heterocycles. The fourth-order valence-electron chi connectivity index (χ4n) is 3.35. The van der Waals surface area contributed by atoms with Gasteiger partial charge in [-0.1, -0.05) is 26.0 Å². The minimum atomic E-state index is 0.222. The van der Waals surface area contributed by atoms with E-state index in [2.05, 4.69) is 23.7 Å². The van der Waals surface area contributed by atoms with Gasteiger partial charge >= 0.3 is 0 Å². The van der Waals surface area contributed by atoms with Crippen molar-refractivity contribution in [1.82, 2.24) is 9.97 Å². The Hall–Kier alpha value is -2.10. The molecule has 2 unspecified atom stereocenters. The van der Waals surface area contributed by atoms with Crippen molar-refractivity contribution < 1.29 is 5.11 Å². The molecule has 0 saturated carbocycles. The molecule has 0 bridgehead atoms. The molecule has 0 radical (unpaired) electrons. The van der Waals surface area contributed by atoms with Crippen molar-refractivity contribution in [1.29, 1.82) is 0 Å². The molecule has 0 aliphatic carbocycles. The number of piperidine rings is 1. The average molecular weight is 297 g/mol. The van der Waals surface area contributed by atoms with Gasteiger partial charge in [0.05, 0.1) is 5.56 Å². The zero-order chi connectivity index (χ0) is 15.7. The third kappa shape index (κ3) is 3.06. The van der Waals surface area contributed by atoms with Crippen molar-refractivity contribution in [2.24, 2.45) is 11.8 Å². The Morgan fingerprint density at radius 1 is 1.09 bits per heavy atom. The lowest BCUT2D eigenvalue weighted by atomic mass is 9.92. The first-order valence-electron chi connectivity index (χ1n) is 7.92. The summed E-state index contributed by atoms with van der Waals surface area (Å²) in [6.07, 6.45) is 1.27. The van der Waals surface area contributed by atoms with E-state index >= 15 is 0 Å². The second-order valence-electron chi connectivity index (χ2n) is 6.56. The average Bonchev–Trinajstić information content (AvgIpc) is 2.46. The Labute approximate surface area is 131 Å². The zero-order valence-corrected chi connectivity index (χ0v) is 13.5. The number of aromatic nitrogens is 2. The summed E-state index contributed by atoms with van der Waals surface area (Å²) >= 11 is 0. The van der Waals surface area contributed by atoms with E-state index < -0.39 is 0 Å². The highest BCUT2D eigenvalue weighted by molar-refractivity contribution is 5.65. The number of phenolic OH excluding ortho intramolecular Hbond substituents is 1. The summed E-state index contributed by atoms with van der Waals surface area (Å²) in [5, 5.41) is 10.0. The number of rotatable bonds is 2. The molecule has 2 aromatic rings. The molecule has 116 valence electrons. The van der Waals surface area contributed by atoms with Gasteiger partial charge < -0.3 is 10.0 Å². The standard InChI is InChI=1S/C18H23N3O/c1-12-8-13(2)11-21(10-12)17-9-14(3)19-18(20-17)15-6-4-5-7-16(15)22/h4-7,9,12-13,22H,8,10-11H2,1-3H3. The molecule has 4 nitrogen and oxygen atoms in total. The summed E-state index contributed by atoms with van der Waals surface area (Å²) < 4.78 is 0. The first kappa shape index (κ1) is 14.8. The maximum atomic E-state index is 10.0.